The summed E-state index contributed by atoms with van der Waals surface area (Å²) >= 11 is 0. The molecule has 0 amide bonds. The largest absolute Gasteiger partial charge is 0.495 e. The molecule has 6 N–H and O–H groups in total. The van der Waals surface area contributed by atoms with E-state index in [2.05, 4.69) is 38.1 Å². The molecule has 0 fully saturated rings. The Balaban J connectivity index is -0.000000593. The number of rotatable bonds is 9. The van der Waals surface area contributed by atoms with Crippen molar-refractivity contribution in [3.63, 3.8) is 0 Å². The second-order valence-electron chi connectivity index (χ2n) is 18.4. The standard InChI is InChI=1S/C25H20O9S2.C14H14O3S.2C7H8.2C2H6.3CH4O3S.3O3S/c1-15-3-5-16(6-4-15)25(26)18-8-10-21(23(14-18)35(27,28)29)34-20-9-7-17-13-24(36(30,31)32)22(33-2)12-19(17)11-20;1-10-3-6-12(7-4-10)13-8-5-11(2)9-14(13)18(15,16)17;2*1-7-5-3-2-4-6-7;2*1-2;3*1-5(2,3)4;3*1-4(2)3/h3-14H,1-2H3,(H,27,28,29)(H,30,31,32);3-9H,1-2H3,(H,15,16,17);2*2-6H,1H3;2*1-2H3;3*1H3,(H,2,3,4);;;. The highest BCUT2D eigenvalue weighted by Gasteiger charge is 2.23. The van der Waals surface area contributed by atoms with Crippen LogP contribution in [0.5, 0.6) is 17.2 Å². The van der Waals surface area contributed by atoms with Crippen LogP contribution >= 0.6 is 0 Å². The molecule has 0 atom stereocenters. The molecule has 0 radical (unpaired) electrons. The highest BCUT2D eigenvalue weighted by molar-refractivity contribution is 7.86. The van der Waals surface area contributed by atoms with E-state index in [9.17, 15) is 69.0 Å². The van der Waals surface area contributed by atoms with Crippen LogP contribution in [0.15, 0.2) is 191 Å². The number of hydrogen-bond donors (Lipinski definition) is 6. The Kier molecular flexibility index (Phi) is 46.6. The summed E-state index contributed by atoms with van der Waals surface area (Å²) in [4.78, 5) is 11.8. The van der Waals surface area contributed by atoms with E-state index >= 15 is 0 Å². The van der Waals surface area contributed by atoms with Crippen molar-refractivity contribution in [3.05, 3.63) is 215 Å². The summed E-state index contributed by atoms with van der Waals surface area (Å²) in [6.45, 7) is 17.8. The van der Waals surface area contributed by atoms with Gasteiger partial charge in [-0.25, -0.2) is 0 Å². The predicted molar refractivity (Wildman–Crippen MR) is 369 cm³/mol. The maximum Gasteiger partial charge on any atom is 0.425 e. The van der Waals surface area contributed by atoms with Crippen LogP contribution in [0, 0.1) is 34.6 Å². The minimum absolute atomic E-state index is 0.0415. The molecule has 0 heterocycles. The topological polar surface area (TPSA) is 515 Å². The maximum absolute atomic E-state index is 12.8. The van der Waals surface area contributed by atoms with E-state index in [1.165, 1.54) is 66.8 Å². The summed E-state index contributed by atoms with van der Waals surface area (Å²) in [5.41, 5.74) is 7.17. The monoisotopic (exact) mass is 1560 g/mol. The lowest BCUT2D eigenvalue weighted by molar-refractivity contribution is 0.103. The summed E-state index contributed by atoms with van der Waals surface area (Å²) in [5, 5.41) is 0.904. The van der Waals surface area contributed by atoms with Crippen LogP contribution in [-0.4, -0.2) is 147 Å². The molecule has 0 saturated heterocycles. The number of fused-ring (bicyclic) bond motifs is 1. The summed E-state index contributed by atoms with van der Waals surface area (Å²) in [6, 6.07) is 50.5. The molecule has 39 heteroatoms. The van der Waals surface area contributed by atoms with E-state index in [0.29, 0.717) is 40.7 Å². The average Bonchev–Trinajstić information content (AvgIpc) is 0.796. The minimum atomic E-state index is -4.77. The summed E-state index contributed by atoms with van der Waals surface area (Å²) in [7, 11) is -32.6. The SMILES string of the molecule is CC.CC.COc1cc2cc(Oc3ccc(C(=O)c4ccc(C)cc4)cc3S(=O)(=O)O)ccc2cc1S(=O)(=O)O.CS(=O)(=O)O.CS(=O)(=O)O.CS(=O)(=O)O.Cc1ccc(-c2ccc(C)cc2S(=O)(=O)O)cc1.Cc1ccccc1.Cc1ccccc1.O=S(=O)=O.O=S(=O)=O.O=S(=O)=O. The van der Waals surface area contributed by atoms with Crippen molar-refractivity contribution in [2.75, 3.05) is 25.9 Å². The molecule has 30 nitrogen and oxygen atoms in total. The van der Waals surface area contributed by atoms with E-state index in [1.54, 1.807) is 37.3 Å². The normalized spacial score (nSPS) is 10.3. The molecule has 0 aliphatic carbocycles. The lowest BCUT2D eigenvalue weighted by Crippen LogP contribution is -2.06. The quantitative estimate of drug-likeness (QED) is 0.0578. The van der Waals surface area contributed by atoms with Crippen molar-refractivity contribution in [3.8, 4) is 28.4 Å². The van der Waals surface area contributed by atoms with Crippen molar-refractivity contribution < 1.29 is 130 Å². The lowest BCUT2D eigenvalue weighted by atomic mass is 10.0. The number of ether oxygens (including phenoxy) is 2. The molecule has 0 spiro atoms. The molecular formula is C60H74O30S9. The molecule has 0 aromatic heterocycles. The molecular weight excluding hydrogens is 1490 g/mol. The number of carbonyl (C=O) groups is 1. The summed E-state index contributed by atoms with van der Waals surface area (Å²) < 4.78 is 263. The van der Waals surface area contributed by atoms with E-state index in [-0.39, 0.29) is 27.7 Å². The Morgan fingerprint density at radius 3 is 1.00 bits per heavy atom. The third kappa shape index (κ3) is 52.4. The second kappa shape index (κ2) is 47.6. The van der Waals surface area contributed by atoms with Crippen molar-refractivity contribution in [1.82, 2.24) is 0 Å². The Hall–Kier alpha value is -8.39. The van der Waals surface area contributed by atoms with Gasteiger partial charge in [-0.3, -0.25) is 32.1 Å². The van der Waals surface area contributed by atoms with Gasteiger partial charge in [-0.1, -0.05) is 177 Å². The summed E-state index contributed by atoms with van der Waals surface area (Å²) in [5.74, 6) is -0.593. The van der Waals surface area contributed by atoms with E-state index in [1.807, 2.05) is 108 Å². The van der Waals surface area contributed by atoms with Crippen molar-refractivity contribution in [2.45, 2.75) is 77.0 Å². The maximum atomic E-state index is 12.8. The molecule has 8 rings (SSSR count). The van der Waals surface area contributed by atoms with E-state index in [0.717, 1.165) is 28.3 Å². The third-order valence-corrected chi connectivity index (χ3v) is 12.7. The number of hydrogen-bond acceptors (Lipinski definition) is 24. The van der Waals surface area contributed by atoms with Crippen molar-refractivity contribution in [1.29, 1.82) is 0 Å². The average molecular weight is 1560 g/mol. The fraction of sp³-hybridized carbons (Fsp3) is 0.217. The lowest BCUT2D eigenvalue weighted by Gasteiger charge is -2.13. The number of ketones is 1. The van der Waals surface area contributed by atoms with Gasteiger partial charge < -0.3 is 9.47 Å². The zero-order valence-corrected chi connectivity index (χ0v) is 62.2. The van der Waals surface area contributed by atoms with E-state index in [4.69, 9.17) is 61.0 Å². The van der Waals surface area contributed by atoms with Gasteiger partial charge in [0.15, 0.2) is 5.78 Å². The number of carbonyl (C=O) groups excluding carboxylic acids is 1. The zero-order chi connectivity index (χ0) is 78.0. The Bertz CT molecular complexity index is 4710. The fourth-order valence-electron chi connectivity index (χ4n) is 6.48. The molecule has 0 aliphatic heterocycles. The molecule has 0 saturated carbocycles. The van der Waals surface area contributed by atoms with Crippen LogP contribution < -0.4 is 9.47 Å². The van der Waals surface area contributed by atoms with Gasteiger partial charge in [0.05, 0.1) is 25.9 Å². The van der Waals surface area contributed by atoms with Crippen LogP contribution in [0.25, 0.3) is 21.9 Å². The highest BCUT2D eigenvalue weighted by Crippen LogP contribution is 2.35. The molecule has 99 heavy (non-hydrogen) atoms. The first-order valence-electron chi connectivity index (χ1n) is 27.0. The number of benzene rings is 8. The van der Waals surface area contributed by atoms with Gasteiger partial charge >= 0.3 is 31.8 Å². The first-order chi connectivity index (χ1) is 45.2. The fourth-order valence-corrected chi connectivity index (χ4v) is 8.59. The van der Waals surface area contributed by atoms with E-state index < -0.39 is 108 Å². The second-order valence-corrected chi connectivity index (χ2v) is 28.2. The highest BCUT2D eigenvalue weighted by atomic mass is 32.2. The van der Waals surface area contributed by atoms with Gasteiger partial charge in [0.25, 0.3) is 60.7 Å². The zero-order valence-electron chi connectivity index (χ0n) is 54.9. The van der Waals surface area contributed by atoms with Gasteiger partial charge in [-0.2, -0.15) is 50.5 Å². The first kappa shape index (κ1) is 97.0. The van der Waals surface area contributed by atoms with Crippen LogP contribution in [0.1, 0.15) is 71.4 Å². The molecule has 548 valence electrons. The Labute approximate surface area is 581 Å². The third-order valence-electron chi connectivity index (χ3n) is 10.1. The van der Waals surface area contributed by atoms with Crippen molar-refractivity contribution in [2.24, 2.45) is 0 Å². The molecule has 8 aromatic rings. The van der Waals surface area contributed by atoms with Gasteiger partial charge in [0.1, 0.15) is 31.9 Å². The molecule has 0 unspecified atom stereocenters. The van der Waals surface area contributed by atoms with Crippen molar-refractivity contribution >= 4 is 109 Å². The molecule has 0 bridgehead atoms. The first-order valence-corrected chi connectivity index (χ1v) is 39.9. The van der Waals surface area contributed by atoms with Gasteiger partial charge in [-0.05, 0) is 105 Å². The van der Waals surface area contributed by atoms with Gasteiger partial charge in [-0.15, -0.1) is 37.9 Å². The number of methoxy groups -OCH3 is 1. The van der Waals surface area contributed by atoms with Crippen LogP contribution in [0.2, 0.25) is 0 Å². The summed E-state index contributed by atoms with van der Waals surface area (Å²) in [6.07, 6.45) is 2.15. The Morgan fingerprint density at radius 2 is 0.667 bits per heavy atom. The van der Waals surface area contributed by atoms with Crippen LogP contribution in [-0.2, 0) is 92.5 Å². The number of aryl methyl sites for hydroxylation is 5. The molecule has 0 aliphatic rings. The van der Waals surface area contributed by atoms with Crippen LogP contribution in [0.4, 0.5) is 0 Å². The minimum Gasteiger partial charge on any atom is -0.495 e. The predicted octanol–water partition coefficient (Wildman–Crippen LogP) is 9.43. The Morgan fingerprint density at radius 1 is 0.343 bits per heavy atom. The molecule has 8 aromatic carbocycles. The smallest absolute Gasteiger partial charge is 0.425 e. The van der Waals surface area contributed by atoms with Crippen LogP contribution in [0.3, 0.4) is 0 Å². The van der Waals surface area contributed by atoms with Gasteiger partial charge in [0, 0.05) is 16.7 Å². The van der Waals surface area contributed by atoms with Gasteiger partial charge in [0.2, 0.25) is 0 Å².